The molecule has 6 nitrogen and oxygen atoms in total. The van der Waals surface area contributed by atoms with Crippen molar-refractivity contribution in [1.82, 2.24) is 10.6 Å². The summed E-state index contributed by atoms with van der Waals surface area (Å²) in [5.74, 6) is -1.04. The van der Waals surface area contributed by atoms with E-state index in [1.807, 2.05) is 6.92 Å². The summed E-state index contributed by atoms with van der Waals surface area (Å²) in [6, 6.07) is -1.47. The predicted molar refractivity (Wildman–Crippen MR) is 68.5 cm³/mol. The number of methoxy groups -OCH3 is 1. The quantitative estimate of drug-likeness (QED) is 0.670. The molecule has 106 valence electrons. The van der Waals surface area contributed by atoms with Crippen LogP contribution in [0, 0.1) is 5.41 Å². The summed E-state index contributed by atoms with van der Waals surface area (Å²) in [5, 5.41) is 14.2. The van der Waals surface area contributed by atoms with Gasteiger partial charge in [-0.15, -0.1) is 0 Å². The number of aliphatic carboxylic acids is 1. The number of hydrogen-bond acceptors (Lipinski definition) is 3. The lowest BCUT2D eigenvalue weighted by Gasteiger charge is -2.28. The van der Waals surface area contributed by atoms with E-state index < -0.39 is 23.5 Å². The van der Waals surface area contributed by atoms with Crippen molar-refractivity contribution in [3.8, 4) is 0 Å². The minimum Gasteiger partial charge on any atom is -0.480 e. The van der Waals surface area contributed by atoms with E-state index in [2.05, 4.69) is 10.6 Å². The molecule has 1 unspecified atom stereocenters. The summed E-state index contributed by atoms with van der Waals surface area (Å²) in [6.45, 7) is 7.68. The van der Waals surface area contributed by atoms with Gasteiger partial charge in [-0.1, -0.05) is 20.8 Å². The molecule has 18 heavy (non-hydrogen) atoms. The second-order valence-corrected chi connectivity index (χ2v) is 5.44. The minimum atomic E-state index is -1.04. The van der Waals surface area contributed by atoms with Crippen molar-refractivity contribution in [3.05, 3.63) is 0 Å². The lowest BCUT2D eigenvalue weighted by molar-refractivity contribution is -0.141. The van der Waals surface area contributed by atoms with E-state index in [0.29, 0.717) is 13.0 Å². The predicted octanol–water partition coefficient (Wildman–Crippen LogP) is 1.21. The first kappa shape index (κ1) is 16.7. The van der Waals surface area contributed by atoms with E-state index in [4.69, 9.17) is 9.84 Å². The highest BCUT2D eigenvalue weighted by molar-refractivity contribution is 5.83. The Bertz CT molecular complexity index is 286. The SMILES string of the molecule is COCCC(C)NC(=O)N[C@H](C(=O)O)C(C)(C)C. The van der Waals surface area contributed by atoms with Crippen LogP contribution in [0.4, 0.5) is 4.79 Å². The molecule has 0 aliphatic carbocycles. The molecular weight excluding hydrogens is 236 g/mol. The van der Waals surface area contributed by atoms with Crippen LogP contribution in [0.15, 0.2) is 0 Å². The zero-order valence-corrected chi connectivity index (χ0v) is 11.7. The Morgan fingerprint density at radius 2 is 1.83 bits per heavy atom. The van der Waals surface area contributed by atoms with Gasteiger partial charge in [0.15, 0.2) is 0 Å². The average molecular weight is 260 g/mol. The summed E-state index contributed by atoms with van der Waals surface area (Å²) in [7, 11) is 1.59. The maximum Gasteiger partial charge on any atom is 0.326 e. The van der Waals surface area contributed by atoms with E-state index in [-0.39, 0.29) is 6.04 Å². The lowest BCUT2D eigenvalue weighted by atomic mass is 9.87. The molecule has 6 heteroatoms. The maximum absolute atomic E-state index is 11.7. The van der Waals surface area contributed by atoms with Gasteiger partial charge in [0.1, 0.15) is 6.04 Å². The first-order valence-electron chi connectivity index (χ1n) is 5.97. The molecule has 0 aromatic heterocycles. The molecule has 0 spiro atoms. The number of carboxylic acids is 1. The molecule has 0 aliphatic heterocycles. The molecule has 0 saturated carbocycles. The van der Waals surface area contributed by atoms with Gasteiger partial charge in [0.05, 0.1) is 0 Å². The Balaban J connectivity index is 4.31. The highest BCUT2D eigenvalue weighted by atomic mass is 16.5. The van der Waals surface area contributed by atoms with Gasteiger partial charge >= 0.3 is 12.0 Å². The van der Waals surface area contributed by atoms with Gasteiger partial charge in [0.25, 0.3) is 0 Å². The van der Waals surface area contributed by atoms with Crippen molar-refractivity contribution in [1.29, 1.82) is 0 Å². The van der Waals surface area contributed by atoms with Crippen LogP contribution >= 0.6 is 0 Å². The van der Waals surface area contributed by atoms with Crippen molar-refractivity contribution in [2.45, 2.75) is 46.2 Å². The number of carboxylic acid groups (broad SMARTS) is 1. The fourth-order valence-electron chi connectivity index (χ4n) is 1.41. The van der Waals surface area contributed by atoms with Gasteiger partial charge in [-0.25, -0.2) is 9.59 Å². The molecule has 2 atom stereocenters. The second-order valence-electron chi connectivity index (χ2n) is 5.44. The number of urea groups is 1. The highest BCUT2D eigenvalue weighted by Crippen LogP contribution is 2.19. The molecule has 0 aromatic rings. The van der Waals surface area contributed by atoms with Crippen molar-refractivity contribution in [2.75, 3.05) is 13.7 Å². The van der Waals surface area contributed by atoms with Crippen LogP contribution in [-0.4, -0.2) is 42.9 Å². The van der Waals surface area contributed by atoms with E-state index in [1.54, 1.807) is 27.9 Å². The van der Waals surface area contributed by atoms with Gasteiger partial charge in [-0.05, 0) is 18.8 Å². The van der Waals surface area contributed by atoms with Crippen LogP contribution in [0.1, 0.15) is 34.1 Å². The molecule has 0 rings (SSSR count). The Morgan fingerprint density at radius 1 is 1.28 bits per heavy atom. The van der Waals surface area contributed by atoms with Gasteiger partial charge in [-0.2, -0.15) is 0 Å². The van der Waals surface area contributed by atoms with E-state index >= 15 is 0 Å². The van der Waals surface area contributed by atoms with Gasteiger partial charge in [-0.3, -0.25) is 0 Å². The van der Waals surface area contributed by atoms with Crippen molar-refractivity contribution in [3.63, 3.8) is 0 Å². The molecule has 2 amide bonds. The van der Waals surface area contributed by atoms with Crippen molar-refractivity contribution >= 4 is 12.0 Å². The van der Waals surface area contributed by atoms with E-state index in [1.165, 1.54) is 0 Å². The topological polar surface area (TPSA) is 87.7 Å². The molecule has 0 radical (unpaired) electrons. The van der Waals surface area contributed by atoms with Crippen molar-refractivity contribution < 1.29 is 19.4 Å². The molecule has 0 heterocycles. The average Bonchev–Trinajstić information content (AvgIpc) is 2.21. The normalized spacial score (nSPS) is 14.7. The van der Waals surface area contributed by atoms with Crippen LogP contribution in [0.2, 0.25) is 0 Å². The second kappa shape index (κ2) is 7.20. The zero-order valence-electron chi connectivity index (χ0n) is 11.7. The third-order valence-electron chi connectivity index (χ3n) is 2.52. The molecule has 0 aromatic carbocycles. The molecule has 0 aliphatic rings. The van der Waals surface area contributed by atoms with Crippen LogP contribution in [-0.2, 0) is 9.53 Å². The maximum atomic E-state index is 11.7. The van der Waals surface area contributed by atoms with E-state index in [0.717, 1.165) is 0 Å². The smallest absolute Gasteiger partial charge is 0.326 e. The standard InChI is InChI=1S/C12H24N2O4/c1-8(6-7-18-5)13-11(17)14-9(10(15)16)12(2,3)4/h8-9H,6-7H2,1-5H3,(H,15,16)(H2,13,14,17)/t8?,9-/m1/s1. The molecule has 0 fully saturated rings. The number of nitrogens with one attached hydrogen (secondary N) is 2. The molecule has 0 bridgehead atoms. The number of ether oxygens (including phenoxy) is 1. The first-order chi connectivity index (χ1) is 8.18. The fraction of sp³-hybridized carbons (Fsp3) is 0.833. The molecular formula is C12H24N2O4. The third kappa shape index (κ3) is 6.44. The number of amides is 2. The minimum absolute atomic E-state index is 0.0700. The highest BCUT2D eigenvalue weighted by Gasteiger charge is 2.32. The Hall–Kier alpha value is -1.30. The Morgan fingerprint density at radius 3 is 2.22 bits per heavy atom. The zero-order chi connectivity index (χ0) is 14.3. The summed E-state index contributed by atoms with van der Waals surface area (Å²) >= 11 is 0. The first-order valence-corrected chi connectivity index (χ1v) is 5.97. The largest absolute Gasteiger partial charge is 0.480 e. The van der Waals surface area contributed by atoms with Gasteiger partial charge < -0.3 is 20.5 Å². The van der Waals surface area contributed by atoms with Gasteiger partial charge in [0, 0.05) is 19.8 Å². The van der Waals surface area contributed by atoms with Crippen LogP contribution in [0.5, 0.6) is 0 Å². The third-order valence-corrected chi connectivity index (χ3v) is 2.52. The van der Waals surface area contributed by atoms with Crippen molar-refractivity contribution in [2.24, 2.45) is 5.41 Å². The number of hydrogen-bond donors (Lipinski definition) is 3. The molecule has 3 N–H and O–H groups in total. The van der Waals surface area contributed by atoms with Crippen LogP contribution in [0.3, 0.4) is 0 Å². The van der Waals surface area contributed by atoms with Crippen LogP contribution < -0.4 is 10.6 Å². The van der Waals surface area contributed by atoms with Crippen LogP contribution in [0.25, 0.3) is 0 Å². The number of rotatable bonds is 6. The Labute approximate surface area is 108 Å². The van der Waals surface area contributed by atoms with Gasteiger partial charge in [0.2, 0.25) is 0 Å². The Kier molecular flexibility index (Phi) is 6.68. The summed E-state index contributed by atoms with van der Waals surface area (Å²) in [4.78, 5) is 22.7. The summed E-state index contributed by atoms with van der Waals surface area (Å²) < 4.78 is 4.90. The summed E-state index contributed by atoms with van der Waals surface area (Å²) in [5.41, 5.74) is -0.543. The monoisotopic (exact) mass is 260 g/mol. The number of carbonyl (C=O) groups excluding carboxylic acids is 1. The fourth-order valence-corrected chi connectivity index (χ4v) is 1.41. The number of carbonyl (C=O) groups is 2. The molecule has 0 saturated heterocycles. The lowest BCUT2D eigenvalue weighted by Crippen LogP contribution is -2.53. The summed E-state index contributed by atoms with van der Waals surface area (Å²) in [6.07, 6.45) is 0.678. The van der Waals surface area contributed by atoms with E-state index in [9.17, 15) is 9.59 Å².